The molecule has 0 saturated carbocycles. The summed E-state index contributed by atoms with van der Waals surface area (Å²) in [4.78, 5) is 28.0. The third-order valence-electron chi connectivity index (χ3n) is 5.56. The van der Waals surface area contributed by atoms with Crippen LogP contribution in [0.4, 0.5) is 4.39 Å². The van der Waals surface area contributed by atoms with Gasteiger partial charge in [-0.25, -0.2) is 9.18 Å². The van der Waals surface area contributed by atoms with Gasteiger partial charge in [0.05, 0.1) is 17.1 Å². The van der Waals surface area contributed by atoms with Gasteiger partial charge in [0.15, 0.2) is 11.3 Å². The van der Waals surface area contributed by atoms with Crippen LogP contribution in [0, 0.1) is 5.82 Å². The standard InChI is InChI=1S/C26H17ClFNO4S2/c1-34-16-10-11-17-19(12-16)29(13-14-6-8-15(28)9-7-14)25(31)21-22(30)24(26(32)33-23(17)21)35-20-5-3-2-4-18(20)27/h2-12,30H,13H2,1H3. The average molecular weight is 526 g/mol. The number of hydrogen-bond donors (Lipinski definition) is 1. The molecule has 0 amide bonds. The van der Waals surface area contributed by atoms with Crippen molar-refractivity contribution in [3.63, 3.8) is 0 Å². The van der Waals surface area contributed by atoms with Crippen molar-refractivity contribution in [1.82, 2.24) is 4.57 Å². The number of fused-ring (bicyclic) bond motifs is 3. The van der Waals surface area contributed by atoms with Crippen LogP contribution in [0.2, 0.25) is 5.02 Å². The molecule has 2 heterocycles. The van der Waals surface area contributed by atoms with Crippen molar-refractivity contribution in [3.05, 3.63) is 104 Å². The van der Waals surface area contributed by atoms with E-state index in [9.17, 15) is 19.1 Å². The summed E-state index contributed by atoms with van der Waals surface area (Å²) >= 11 is 8.67. The number of nitrogens with zero attached hydrogens (tertiary/aromatic N) is 1. The molecular formula is C26H17ClFNO4S2. The molecule has 1 N–H and O–H groups in total. The van der Waals surface area contributed by atoms with Gasteiger partial charge in [-0.3, -0.25) is 4.79 Å². The number of halogens is 2. The fourth-order valence-corrected chi connectivity index (χ4v) is 5.39. The van der Waals surface area contributed by atoms with Gasteiger partial charge in [0.2, 0.25) is 0 Å². The molecule has 5 rings (SSSR count). The smallest absolute Gasteiger partial charge is 0.354 e. The minimum Gasteiger partial charge on any atom is -0.505 e. The Balaban J connectivity index is 1.81. The molecule has 9 heteroatoms. The molecule has 5 aromatic rings. The van der Waals surface area contributed by atoms with E-state index in [1.54, 1.807) is 42.5 Å². The van der Waals surface area contributed by atoms with Gasteiger partial charge >= 0.3 is 5.63 Å². The Morgan fingerprint density at radius 3 is 2.51 bits per heavy atom. The Morgan fingerprint density at radius 1 is 1.06 bits per heavy atom. The SMILES string of the molecule is CSc1ccc2c3oc(=O)c(Sc4ccccc4Cl)c(O)c3c(=O)n(Cc3ccc(F)cc3)c2c1. The molecule has 35 heavy (non-hydrogen) atoms. The summed E-state index contributed by atoms with van der Waals surface area (Å²) in [6, 6.07) is 18.1. The van der Waals surface area contributed by atoms with E-state index >= 15 is 0 Å². The first-order valence-corrected chi connectivity index (χ1v) is 12.9. The molecule has 0 radical (unpaired) electrons. The van der Waals surface area contributed by atoms with Gasteiger partial charge in [-0.2, -0.15) is 0 Å². The van der Waals surface area contributed by atoms with E-state index in [-0.39, 0.29) is 28.2 Å². The van der Waals surface area contributed by atoms with Crippen LogP contribution in [0.3, 0.4) is 0 Å². The summed E-state index contributed by atoms with van der Waals surface area (Å²) in [6.45, 7) is 0.134. The maximum Gasteiger partial charge on any atom is 0.354 e. The Kier molecular flexibility index (Phi) is 6.35. The lowest BCUT2D eigenvalue weighted by Crippen LogP contribution is -2.23. The fraction of sp³-hybridized carbons (Fsp3) is 0.0769. The Hall–Kier alpha value is -3.20. The highest BCUT2D eigenvalue weighted by Gasteiger charge is 2.23. The monoisotopic (exact) mass is 525 g/mol. The summed E-state index contributed by atoms with van der Waals surface area (Å²) in [5.41, 5.74) is -0.0545. The van der Waals surface area contributed by atoms with Gasteiger partial charge in [0.1, 0.15) is 16.1 Å². The van der Waals surface area contributed by atoms with Crippen LogP contribution in [0.15, 0.2) is 95.4 Å². The normalized spacial score (nSPS) is 11.4. The van der Waals surface area contributed by atoms with Crippen molar-refractivity contribution in [2.24, 2.45) is 0 Å². The van der Waals surface area contributed by atoms with Crippen LogP contribution < -0.4 is 11.2 Å². The Bertz CT molecular complexity index is 1710. The van der Waals surface area contributed by atoms with E-state index in [0.29, 0.717) is 26.4 Å². The van der Waals surface area contributed by atoms with Gasteiger partial charge in [-0.1, -0.05) is 47.6 Å². The second-order valence-corrected chi connectivity index (χ2v) is 10.0. The van der Waals surface area contributed by atoms with Crippen LogP contribution in [0.25, 0.3) is 21.9 Å². The molecule has 0 aliphatic rings. The van der Waals surface area contributed by atoms with E-state index < -0.39 is 16.9 Å². The van der Waals surface area contributed by atoms with Gasteiger partial charge < -0.3 is 14.1 Å². The van der Waals surface area contributed by atoms with E-state index in [4.69, 9.17) is 16.0 Å². The van der Waals surface area contributed by atoms with Crippen molar-refractivity contribution in [3.8, 4) is 5.75 Å². The van der Waals surface area contributed by atoms with Crippen LogP contribution >= 0.6 is 35.1 Å². The molecule has 0 aliphatic carbocycles. The number of pyridine rings is 1. The molecule has 0 fully saturated rings. The topological polar surface area (TPSA) is 72.4 Å². The third-order valence-corrected chi connectivity index (χ3v) is 7.87. The zero-order valence-electron chi connectivity index (χ0n) is 18.2. The number of hydrogen-bond acceptors (Lipinski definition) is 6. The molecule has 0 saturated heterocycles. The number of rotatable bonds is 5. The number of aromatic nitrogens is 1. The van der Waals surface area contributed by atoms with Gasteiger partial charge in [0, 0.05) is 15.2 Å². The first-order valence-electron chi connectivity index (χ1n) is 10.4. The molecule has 0 spiro atoms. The van der Waals surface area contributed by atoms with E-state index in [0.717, 1.165) is 16.7 Å². The van der Waals surface area contributed by atoms with Crippen LogP contribution in [0.5, 0.6) is 5.75 Å². The molecular weight excluding hydrogens is 509 g/mol. The van der Waals surface area contributed by atoms with Crippen LogP contribution in [-0.2, 0) is 6.54 Å². The summed E-state index contributed by atoms with van der Waals surface area (Å²) in [7, 11) is 0. The average Bonchev–Trinajstić information content (AvgIpc) is 2.85. The molecule has 3 aromatic carbocycles. The minimum atomic E-state index is -0.772. The lowest BCUT2D eigenvalue weighted by Gasteiger charge is -2.15. The summed E-state index contributed by atoms with van der Waals surface area (Å²) in [5, 5.41) is 12.0. The van der Waals surface area contributed by atoms with Gasteiger partial charge in [-0.15, -0.1) is 11.8 Å². The molecule has 176 valence electrons. The lowest BCUT2D eigenvalue weighted by molar-refractivity contribution is 0.446. The number of thioether (sulfide) groups is 1. The molecule has 0 atom stereocenters. The fourth-order valence-electron chi connectivity index (χ4n) is 3.85. The van der Waals surface area contributed by atoms with Crippen molar-refractivity contribution >= 4 is 57.0 Å². The highest BCUT2D eigenvalue weighted by molar-refractivity contribution is 7.99. The number of benzene rings is 3. The maximum atomic E-state index is 13.7. The predicted molar refractivity (Wildman–Crippen MR) is 139 cm³/mol. The van der Waals surface area contributed by atoms with Crippen molar-refractivity contribution in [2.45, 2.75) is 21.2 Å². The summed E-state index contributed by atoms with van der Waals surface area (Å²) in [5.74, 6) is -0.843. The van der Waals surface area contributed by atoms with E-state index in [2.05, 4.69) is 0 Å². The number of aromatic hydroxyl groups is 1. The van der Waals surface area contributed by atoms with E-state index in [1.807, 2.05) is 18.4 Å². The summed E-state index contributed by atoms with van der Waals surface area (Å²) < 4.78 is 20.6. The highest BCUT2D eigenvalue weighted by Crippen LogP contribution is 2.39. The quantitative estimate of drug-likeness (QED) is 0.208. The lowest BCUT2D eigenvalue weighted by atomic mass is 10.1. The van der Waals surface area contributed by atoms with Crippen molar-refractivity contribution in [1.29, 1.82) is 0 Å². The Morgan fingerprint density at radius 2 is 1.80 bits per heavy atom. The highest BCUT2D eigenvalue weighted by atomic mass is 35.5. The van der Waals surface area contributed by atoms with Crippen molar-refractivity contribution in [2.75, 3.05) is 6.26 Å². The van der Waals surface area contributed by atoms with Gasteiger partial charge in [0.25, 0.3) is 5.56 Å². The van der Waals surface area contributed by atoms with Crippen molar-refractivity contribution < 1.29 is 13.9 Å². The van der Waals surface area contributed by atoms with Crippen LogP contribution in [0.1, 0.15) is 5.56 Å². The molecule has 0 aliphatic heterocycles. The first kappa shape index (κ1) is 23.5. The molecule has 5 nitrogen and oxygen atoms in total. The molecule has 0 bridgehead atoms. The summed E-state index contributed by atoms with van der Waals surface area (Å²) in [6.07, 6.45) is 1.91. The predicted octanol–water partition coefficient (Wildman–Crippen LogP) is 6.53. The largest absolute Gasteiger partial charge is 0.505 e. The van der Waals surface area contributed by atoms with E-state index in [1.165, 1.54) is 28.5 Å². The zero-order chi connectivity index (χ0) is 24.7. The van der Waals surface area contributed by atoms with Crippen LogP contribution in [-0.4, -0.2) is 15.9 Å². The molecule has 2 aromatic heterocycles. The minimum absolute atomic E-state index is 0.0130. The maximum absolute atomic E-state index is 13.7. The van der Waals surface area contributed by atoms with Gasteiger partial charge in [-0.05, 0) is 54.3 Å². The second kappa shape index (κ2) is 9.45. The zero-order valence-corrected chi connectivity index (χ0v) is 20.6. The Labute approximate surface area is 212 Å². The first-order chi connectivity index (χ1) is 16.9. The third kappa shape index (κ3) is 4.33. The molecule has 0 unspecified atom stereocenters. The second-order valence-electron chi connectivity index (χ2n) is 7.70.